The second-order valence-electron chi connectivity index (χ2n) is 9.80. The quantitative estimate of drug-likeness (QED) is 0.136. The zero-order valence-corrected chi connectivity index (χ0v) is 25.5. The summed E-state index contributed by atoms with van der Waals surface area (Å²) in [5.41, 5.74) is 3.79. The number of hydrogen-bond acceptors (Lipinski definition) is 3. The fourth-order valence-corrected chi connectivity index (χ4v) is 6.40. The number of thiophene rings is 1. The number of pyridine rings is 2. The van der Waals surface area contributed by atoms with Gasteiger partial charge in [0, 0.05) is 45.4 Å². The van der Waals surface area contributed by atoms with E-state index in [0.29, 0.717) is 0 Å². The third-order valence-corrected chi connectivity index (χ3v) is 9.31. The molecule has 0 aliphatic rings. The van der Waals surface area contributed by atoms with E-state index in [9.17, 15) is 0 Å². The summed E-state index contributed by atoms with van der Waals surface area (Å²) in [6, 6.07) is 31.4. The van der Waals surface area contributed by atoms with Crippen LogP contribution in [0.25, 0.3) is 42.7 Å². The van der Waals surface area contributed by atoms with Gasteiger partial charge >= 0.3 is 0 Å². The predicted octanol–water partition coefficient (Wildman–Crippen LogP) is 8.63. The van der Waals surface area contributed by atoms with E-state index in [1.807, 2.05) is 24.3 Å². The van der Waals surface area contributed by atoms with Crippen LogP contribution in [0.2, 0.25) is 19.6 Å². The Balaban J connectivity index is 0.000000223. The van der Waals surface area contributed by atoms with Crippen LogP contribution in [-0.4, -0.2) is 18.0 Å². The van der Waals surface area contributed by atoms with E-state index in [1.54, 1.807) is 41.7 Å². The van der Waals surface area contributed by atoms with Crippen LogP contribution in [0, 0.1) is 25.8 Å². The van der Waals surface area contributed by atoms with Gasteiger partial charge in [-0.05, 0) is 52.4 Å². The van der Waals surface area contributed by atoms with E-state index < -0.39 is 21.8 Å². The third kappa shape index (κ3) is 6.19. The number of rotatable bonds is 3. The summed E-state index contributed by atoms with van der Waals surface area (Å²) in [4.78, 5) is 8.54. The second kappa shape index (κ2) is 11.8. The average Bonchev–Trinajstić information content (AvgIpc) is 3.35. The molecule has 6 rings (SSSR count). The molecule has 0 aliphatic heterocycles. The van der Waals surface area contributed by atoms with Gasteiger partial charge in [-0.1, -0.05) is 66.6 Å². The minimum atomic E-state index is -2.13. The van der Waals surface area contributed by atoms with E-state index in [4.69, 9.17) is 8.22 Å². The number of aromatic nitrogens is 2. The van der Waals surface area contributed by atoms with E-state index >= 15 is 0 Å². The number of aryl methyl sites for hydroxylation is 2. The summed E-state index contributed by atoms with van der Waals surface area (Å²) >= 11 is 1.75. The van der Waals surface area contributed by atoms with E-state index in [-0.39, 0.29) is 31.2 Å². The van der Waals surface area contributed by atoms with Gasteiger partial charge in [0.15, 0.2) is 0 Å². The minimum absolute atomic E-state index is 0. The maximum absolute atomic E-state index is 7.51. The van der Waals surface area contributed by atoms with Crippen molar-refractivity contribution in [3.63, 3.8) is 0 Å². The normalized spacial score (nSPS) is 14.1. The summed E-state index contributed by atoms with van der Waals surface area (Å²) in [7, 11) is -1.38. The van der Waals surface area contributed by atoms with Crippen molar-refractivity contribution in [1.29, 1.82) is 0 Å². The van der Waals surface area contributed by atoms with Crippen molar-refractivity contribution in [2.45, 2.75) is 33.3 Å². The van der Waals surface area contributed by atoms with Crippen molar-refractivity contribution < 1.29 is 28.3 Å². The van der Waals surface area contributed by atoms with Gasteiger partial charge in [0.25, 0.3) is 0 Å². The first-order valence-electron chi connectivity index (χ1n) is 15.0. The van der Waals surface area contributed by atoms with E-state index in [0.717, 1.165) is 27.2 Å². The topological polar surface area (TPSA) is 25.8 Å². The molecule has 193 valence electrons. The van der Waals surface area contributed by atoms with Gasteiger partial charge in [-0.15, -0.1) is 59.7 Å². The minimum Gasteiger partial charge on any atom is -0.304 e. The van der Waals surface area contributed by atoms with Gasteiger partial charge in [0.05, 0.1) is 8.07 Å². The zero-order valence-electron chi connectivity index (χ0n) is 27.3. The monoisotopic (exact) mass is 713 g/mol. The van der Waals surface area contributed by atoms with Crippen molar-refractivity contribution in [1.82, 2.24) is 9.97 Å². The molecule has 3 heterocycles. The molecule has 0 bridgehead atoms. The standard InChI is InChI=1S/C21H20NSSi.C12H10N.Ir/c1-14-8-10-19(22-13-14)17-7-5-6-16-18-12-15(24(2,3)4)9-11-20(18)23-21(16)17;1-10-7-8-12(13-9-10)11-5-3-2-4-6-11;/h5-6,8-13H,1-4H3;2-5,7-9H,1H3;/q2*-1;/i2*1D3;. The van der Waals surface area contributed by atoms with Crippen LogP contribution in [0.1, 0.15) is 19.4 Å². The van der Waals surface area contributed by atoms with Gasteiger partial charge in [0.1, 0.15) is 0 Å². The fourth-order valence-electron chi connectivity index (χ4n) is 4.05. The smallest absolute Gasteiger partial charge is 0.0776 e. The summed E-state index contributed by atoms with van der Waals surface area (Å²) in [6.07, 6.45) is 2.84. The van der Waals surface area contributed by atoms with Crippen molar-refractivity contribution in [2.24, 2.45) is 0 Å². The molecular formula is C33H30IrN2SSi-2. The molecule has 0 amide bonds. The second-order valence-corrected chi connectivity index (χ2v) is 15.9. The molecule has 6 aromatic rings. The van der Waals surface area contributed by atoms with Crippen LogP contribution in [0.5, 0.6) is 0 Å². The Hall–Kier alpha value is -2.95. The first-order valence-corrected chi connectivity index (χ1v) is 16.3. The van der Waals surface area contributed by atoms with Gasteiger partial charge < -0.3 is 9.97 Å². The maximum Gasteiger partial charge on any atom is 0.0776 e. The molecule has 0 spiro atoms. The molecule has 0 N–H and O–H groups in total. The van der Waals surface area contributed by atoms with Crippen LogP contribution in [0.3, 0.4) is 0 Å². The Morgan fingerprint density at radius 3 is 2.11 bits per heavy atom. The molecule has 1 radical (unpaired) electrons. The molecule has 5 heteroatoms. The van der Waals surface area contributed by atoms with Crippen LogP contribution < -0.4 is 5.19 Å². The van der Waals surface area contributed by atoms with Crippen molar-refractivity contribution in [3.05, 3.63) is 115 Å². The fraction of sp³-hybridized carbons (Fsp3) is 0.152. The summed E-state index contributed by atoms with van der Waals surface area (Å²) in [5, 5.41) is 3.94. The van der Waals surface area contributed by atoms with Gasteiger partial charge in [-0.3, -0.25) is 0 Å². The maximum atomic E-state index is 7.51. The number of benzene rings is 3. The molecule has 0 saturated heterocycles. The Morgan fingerprint density at radius 1 is 0.763 bits per heavy atom. The van der Waals surface area contributed by atoms with Crippen molar-refractivity contribution >= 4 is 44.8 Å². The average molecular weight is 713 g/mol. The van der Waals surface area contributed by atoms with E-state index in [2.05, 4.69) is 66.0 Å². The first-order chi connectivity index (χ1) is 20.2. The van der Waals surface area contributed by atoms with Crippen LogP contribution in [0.15, 0.2) is 91.3 Å². The molecule has 0 aliphatic carbocycles. The molecule has 3 aromatic carbocycles. The summed E-state index contributed by atoms with van der Waals surface area (Å²) in [6.45, 7) is 2.85. The zero-order chi connectivity index (χ0) is 31.0. The molecule has 0 fully saturated rings. The molecule has 0 unspecified atom stereocenters. The van der Waals surface area contributed by atoms with E-state index in [1.165, 1.54) is 33.1 Å². The predicted molar refractivity (Wildman–Crippen MR) is 162 cm³/mol. The summed E-state index contributed by atoms with van der Waals surface area (Å²) in [5.74, 6) is 0. The SMILES string of the molecule is [2H]C([2H])([2H])c1ccc(-c2[c-]ccc3c2sc2ccc([Si](C)(C)C)cc23)nc1.[2H]C([2H])([2H])c1ccc(-c2[c-]cccc2)nc1.[Ir]. The number of hydrogen-bond donors (Lipinski definition) is 0. The van der Waals surface area contributed by atoms with Gasteiger partial charge in [0.2, 0.25) is 0 Å². The molecule has 0 atom stereocenters. The Labute approximate surface area is 252 Å². The molecule has 38 heavy (non-hydrogen) atoms. The van der Waals surface area contributed by atoms with Crippen LogP contribution >= 0.6 is 11.3 Å². The van der Waals surface area contributed by atoms with Gasteiger partial charge in [-0.2, -0.15) is 11.3 Å². The largest absolute Gasteiger partial charge is 0.304 e. The Kier molecular flexibility index (Phi) is 6.52. The van der Waals surface area contributed by atoms with Gasteiger partial charge in [-0.25, -0.2) is 0 Å². The number of nitrogens with zero attached hydrogens (tertiary/aromatic N) is 2. The Morgan fingerprint density at radius 2 is 1.50 bits per heavy atom. The Bertz CT molecular complexity index is 1860. The van der Waals surface area contributed by atoms with Crippen molar-refractivity contribution in [2.75, 3.05) is 0 Å². The summed E-state index contributed by atoms with van der Waals surface area (Å²) < 4.78 is 46.6. The van der Waals surface area contributed by atoms with Crippen molar-refractivity contribution in [3.8, 4) is 22.5 Å². The first kappa shape index (κ1) is 20.9. The van der Waals surface area contributed by atoms with Crippen LogP contribution in [-0.2, 0) is 20.1 Å². The molecule has 3 aromatic heterocycles. The molecular weight excluding hydrogens is 677 g/mol. The van der Waals surface area contributed by atoms with Crippen LogP contribution in [0.4, 0.5) is 0 Å². The molecule has 2 nitrogen and oxygen atoms in total. The molecule has 0 saturated carbocycles. The number of fused-ring (bicyclic) bond motifs is 3. The third-order valence-electron chi connectivity index (χ3n) is 6.07.